The summed E-state index contributed by atoms with van der Waals surface area (Å²) in [6.45, 7) is 5.70. The van der Waals surface area contributed by atoms with Gasteiger partial charge in [-0.3, -0.25) is 0 Å². The SMILES string of the molecule is C=CNC1=C(C)C=CCC=C1. The summed E-state index contributed by atoms with van der Waals surface area (Å²) in [6, 6.07) is 0. The van der Waals surface area contributed by atoms with E-state index in [-0.39, 0.29) is 0 Å². The average Bonchev–Trinajstić information content (AvgIpc) is 2.18. The quantitative estimate of drug-likeness (QED) is 0.632. The highest BCUT2D eigenvalue weighted by atomic mass is 14.8. The Hall–Kier alpha value is -1.24. The van der Waals surface area contributed by atoms with Gasteiger partial charge in [0.25, 0.3) is 0 Å². The van der Waals surface area contributed by atoms with Crippen LogP contribution >= 0.6 is 0 Å². The second kappa shape index (κ2) is 3.81. The van der Waals surface area contributed by atoms with Crippen molar-refractivity contribution < 1.29 is 0 Å². The van der Waals surface area contributed by atoms with E-state index in [4.69, 9.17) is 0 Å². The van der Waals surface area contributed by atoms with Gasteiger partial charge in [-0.05, 0) is 31.2 Å². The van der Waals surface area contributed by atoms with Gasteiger partial charge in [-0.15, -0.1) is 0 Å². The Morgan fingerprint density at radius 3 is 2.91 bits per heavy atom. The molecule has 1 nitrogen and oxygen atoms in total. The van der Waals surface area contributed by atoms with E-state index >= 15 is 0 Å². The molecule has 0 saturated heterocycles. The molecule has 58 valence electrons. The van der Waals surface area contributed by atoms with E-state index in [9.17, 15) is 0 Å². The van der Waals surface area contributed by atoms with Crippen molar-refractivity contribution >= 4 is 0 Å². The van der Waals surface area contributed by atoms with Crippen LogP contribution in [0.3, 0.4) is 0 Å². The summed E-state index contributed by atoms with van der Waals surface area (Å²) in [5, 5.41) is 3.08. The van der Waals surface area contributed by atoms with Crippen LogP contribution in [0.2, 0.25) is 0 Å². The molecule has 0 fully saturated rings. The summed E-state index contributed by atoms with van der Waals surface area (Å²) in [5.74, 6) is 0. The number of hydrogen-bond donors (Lipinski definition) is 1. The standard InChI is InChI=1S/C10H13N/c1-3-11-10-8-6-4-5-7-9(10)2/h3,5-8,11H,1,4H2,2H3. The Balaban J connectivity index is 2.84. The fourth-order valence-corrected chi connectivity index (χ4v) is 1.00. The maximum atomic E-state index is 3.62. The summed E-state index contributed by atoms with van der Waals surface area (Å²) in [6.07, 6.45) is 11.2. The van der Waals surface area contributed by atoms with Crippen molar-refractivity contribution in [1.29, 1.82) is 0 Å². The van der Waals surface area contributed by atoms with Crippen molar-refractivity contribution in [1.82, 2.24) is 5.32 Å². The predicted octanol–water partition coefficient (Wildman–Crippen LogP) is 2.51. The first-order valence-electron chi connectivity index (χ1n) is 3.76. The number of hydrogen-bond acceptors (Lipinski definition) is 1. The normalized spacial score (nSPS) is 16.5. The molecule has 0 heterocycles. The topological polar surface area (TPSA) is 12.0 Å². The van der Waals surface area contributed by atoms with E-state index in [1.165, 1.54) is 5.57 Å². The third kappa shape index (κ3) is 2.11. The van der Waals surface area contributed by atoms with Gasteiger partial charge in [0, 0.05) is 5.70 Å². The third-order valence-corrected chi connectivity index (χ3v) is 1.61. The monoisotopic (exact) mass is 147 g/mol. The van der Waals surface area contributed by atoms with Crippen LogP contribution in [-0.4, -0.2) is 0 Å². The lowest BCUT2D eigenvalue weighted by atomic mass is 10.2. The van der Waals surface area contributed by atoms with Gasteiger partial charge in [-0.2, -0.15) is 0 Å². The Bertz CT molecular complexity index is 231. The minimum absolute atomic E-state index is 1.01. The first-order valence-corrected chi connectivity index (χ1v) is 3.76. The minimum atomic E-state index is 1.01. The molecule has 0 aromatic rings. The Morgan fingerprint density at radius 2 is 2.18 bits per heavy atom. The molecule has 0 atom stereocenters. The zero-order valence-electron chi connectivity index (χ0n) is 6.80. The van der Waals surface area contributed by atoms with Crippen molar-refractivity contribution in [3.63, 3.8) is 0 Å². The van der Waals surface area contributed by atoms with Crippen molar-refractivity contribution in [2.75, 3.05) is 0 Å². The number of nitrogens with one attached hydrogen (secondary N) is 1. The van der Waals surface area contributed by atoms with Crippen LogP contribution < -0.4 is 5.32 Å². The van der Waals surface area contributed by atoms with E-state index in [0.29, 0.717) is 0 Å². The predicted molar refractivity (Wildman–Crippen MR) is 48.9 cm³/mol. The zero-order valence-corrected chi connectivity index (χ0v) is 6.80. The van der Waals surface area contributed by atoms with E-state index in [1.807, 2.05) is 0 Å². The first-order chi connectivity index (χ1) is 5.34. The molecule has 0 saturated carbocycles. The fourth-order valence-electron chi connectivity index (χ4n) is 1.00. The molecule has 1 aliphatic carbocycles. The van der Waals surface area contributed by atoms with Gasteiger partial charge < -0.3 is 5.32 Å². The highest BCUT2D eigenvalue weighted by Crippen LogP contribution is 2.09. The lowest BCUT2D eigenvalue weighted by Crippen LogP contribution is -2.02. The van der Waals surface area contributed by atoms with Crippen LogP contribution in [0.5, 0.6) is 0 Å². The lowest BCUT2D eigenvalue weighted by Gasteiger charge is -2.02. The molecule has 0 unspecified atom stereocenters. The van der Waals surface area contributed by atoms with E-state index in [1.54, 1.807) is 6.20 Å². The second-order valence-electron chi connectivity index (χ2n) is 2.49. The minimum Gasteiger partial charge on any atom is -0.362 e. The van der Waals surface area contributed by atoms with Crippen molar-refractivity contribution in [3.05, 3.63) is 48.4 Å². The zero-order chi connectivity index (χ0) is 8.10. The Morgan fingerprint density at radius 1 is 1.45 bits per heavy atom. The van der Waals surface area contributed by atoms with Gasteiger partial charge in [-0.25, -0.2) is 0 Å². The molecule has 1 rings (SSSR count). The summed E-state index contributed by atoms with van der Waals surface area (Å²) in [5.41, 5.74) is 2.38. The van der Waals surface area contributed by atoms with Crippen LogP contribution in [0.4, 0.5) is 0 Å². The van der Waals surface area contributed by atoms with Crippen LogP contribution in [0.15, 0.2) is 48.4 Å². The lowest BCUT2D eigenvalue weighted by molar-refractivity contribution is 1.09. The molecule has 0 radical (unpaired) electrons. The summed E-state index contributed by atoms with van der Waals surface area (Å²) in [4.78, 5) is 0. The highest BCUT2D eigenvalue weighted by Gasteiger charge is 1.94. The van der Waals surface area contributed by atoms with Crippen LogP contribution in [0.25, 0.3) is 0 Å². The molecule has 0 aromatic carbocycles. The fraction of sp³-hybridized carbons (Fsp3) is 0.200. The molecular weight excluding hydrogens is 134 g/mol. The summed E-state index contributed by atoms with van der Waals surface area (Å²) in [7, 11) is 0. The molecule has 1 aliphatic rings. The van der Waals surface area contributed by atoms with E-state index in [0.717, 1.165) is 12.1 Å². The van der Waals surface area contributed by atoms with Gasteiger partial charge >= 0.3 is 0 Å². The van der Waals surface area contributed by atoms with Crippen LogP contribution in [0.1, 0.15) is 13.3 Å². The first kappa shape index (κ1) is 7.86. The van der Waals surface area contributed by atoms with Crippen LogP contribution in [-0.2, 0) is 0 Å². The Labute approximate surface area is 67.8 Å². The second-order valence-corrected chi connectivity index (χ2v) is 2.49. The maximum Gasteiger partial charge on any atom is 0.0406 e. The van der Waals surface area contributed by atoms with Crippen molar-refractivity contribution in [3.8, 4) is 0 Å². The molecule has 0 amide bonds. The van der Waals surface area contributed by atoms with Gasteiger partial charge in [0.15, 0.2) is 0 Å². The molecular formula is C10H13N. The molecule has 0 aromatic heterocycles. The average molecular weight is 147 g/mol. The largest absolute Gasteiger partial charge is 0.362 e. The third-order valence-electron chi connectivity index (χ3n) is 1.61. The molecule has 0 aliphatic heterocycles. The van der Waals surface area contributed by atoms with Gasteiger partial charge in [0.2, 0.25) is 0 Å². The van der Waals surface area contributed by atoms with Crippen molar-refractivity contribution in [2.45, 2.75) is 13.3 Å². The molecule has 1 N–H and O–H groups in total. The highest BCUT2D eigenvalue weighted by molar-refractivity contribution is 5.33. The smallest absolute Gasteiger partial charge is 0.0406 e. The summed E-state index contributed by atoms with van der Waals surface area (Å²) >= 11 is 0. The van der Waals surface area contributed by atoms with Gasteiger partial charge in [-0.1, -0.05) is 24.8 Å². The van der Waals surface area contributed by atoms with Crippen molar-refractivity contribution in [2.24, 2.45) is 0 Å². The van der Waals surface area contributed by atoms with Crippen LogP contribution in [0, 0.1) is 0 Å². The van der Waals surface area contributed by atoms with E-state index in [2.05, 4.69) is 43.1 Å². The van der Waals surface area contributed by atoms with E-state index < -0.39 is 0 Å². The summed E-state index contributed by atoms with van der Waals surface area (Å²) < 4.78 is 0. The molecule has 0 bridgehead atoms. The maximum absolute atomic E-state index is 3.62. The van der Waals surface area contributed by atoms with Gasteiger partial charge in [0.05, 0.1) is 0 Å². The Kier molecular flexibility index (Phi) is 2.73. The molecule has 0 spiro atoms. The number of rotatable bonds is 2. The molecule has 1 heteroatoms. The van der Waals surface area contributed by atoms with Gasteiger partial charge in [0.1, 0.15) is 0 Å². The number of allylic oxidation sites excluding steroid dienone is 5. The molecule has 11 heavy (non-hydrogen) atoms.